The van der Waals surface area contributed by atoms with E-state index < -0.39 is 6.09 Å². The van der Waals surface area contributed by atoms with Crippen LogP contribution in [0.3, 0.4) is 0 Å². The molecule has 0 radical (unpaired) electrons. The molecule has 0 unspecified atom stereocenters. The average molecular weight is 264 g/mol. The Labute approximate surface area is 116 Å². The van der Waals surface area contributed by atoms with E-state index in [1.54, 1.807) is 24.5 Å². The normalized spacial score (nSPS) is 10.2. The Balaban J connectivity index is 1.88. The van der Waals surface area contributed by atoms with Crippen molar-refractivity contribution in [3.63, 3.8) is 0 Å². The van der Waals surface area contributed by atoms with E-state index >= 15 is 0 Å². The van der Waals surface area contributed by atoms with Gasteiger partial charge in [-0.1, -0.05) is 48.5 Å². The molecule has 0 amide bonds. The summed E-state index contributed by atoms with van der Waals surface area (Å²) in [5, 5.41) is 0. The zero-order chi connectivity index (χ0) is 13.8. The first-order valence-corrected chi connectivity index (χ1v) is 6.20. The van der Waals surface area contributed by atoms with Crippen molar-refractivity contribution in [3.8, 4) is 17.1 Å². The minimum atomic E-state index is -0.479. The van der Waals surface area contributed by atoms with Crippen LogP contribution in [0.1, 0.15) is 0 Å². The van der Waals surface area contributed by atoms with Crippen molar-refractivity contribution < 1.29 is 9.53 Å². The highest BCUT2D eigenvalue weighted by atomic mass is 16.6. The number of hydrogen-bond donors (Lipinski definition) is 0. The first kappa shape index (κ1) is 12.2. The number of rotatable bonds is 2. The predicted molar refractivity (Wildman–Crippen MR) is 75.5 cm³/mol. The van der Waals surface area contributed by atoms with E-state index in [4.69, 9.17) is 4.74 Å². The van der Waals surface area contributed by atoms with Crippen LogP contribution in [0.4, 0.5) is 4.79 Å². The van der Waals surface area contributed by atoms with Crippen LogP contribution in [-0.4, -0.2) is 15.6 Å². The molecule has 2 aromatic carbocycles. The van der Waals surface area contributed by atoms with Crippen molar-refractivity contribution in [2.75, 3.05) is 0 Å². The smallest absolute Gasteiger partial charge is 0.410 e. The van der Waals surface area contributed by atoms with E-state index in [1.165, 1.54) is 4.57 Å². The molecule has 20 heavy (non-hydrogen) atoms. The highest BCUT2D eigenvalue weighted by Crippen LogP contribution is 2.18. The van der Waals surface area contributed by atoms with Crippen molar-refractivity contribution in [1.82, 2.24) is 9.55 Å². The van der Waals surface area contributed by atoms with Gasteiger partial charge in [0.05, 0.1) is 0 Å². The van der Waals surface area contributed by atoms with E-state index in [2.05, 4.69) is 4.98 Å². The molecule has 0 aliphatic carbocycles. The minimum absolute atomic E-state index is 0.479. The lowest BCUT2D eigenvalue weighted by Gasteiger charge is -2.07. The van der Waals surface area contributed by atoms with Gasteiger partial charge in [0.25, 0.3) is 0 Å². The second kappa shape index (κ2) is 5.40. The molecule has 1 aromatic heterocycles. The van der Waals surface area contributed by atoms with Gasteiger partial charge in [-0.2, -0.15) is 0 Å². The molecular formula is C16H12N2O2. The monoisotopic (exact) mass is 264 g/mol. The summed E-state index contributed by atoms with van der Waals surface area (Å²) in [6.45, 7) is 0. The fourth-order valence-electron chi connectivity index (χ4n) is 1.89. The second-order valence-corrected chi connectivity index (χ2v) is 4.17. The molecule has 3 rings (SSSR count). The van der Waals surface area contributed by atoms with E-state index in [9.17, 15) is 4.79 Å². The van der Waals surface area contributed by atoms with Crippen molar-refractivity contribution in [3.05, 3.63) is 73.1 Å². The molecule has 0 bridgehead atoms. The van der Waals surface area contributed by atoms with Gasteiger partial charge in [0.2, 0.25) is 0 Å². The fourth-order valence-corrected chi connectivity index (χ4v) is 1.89. The number of benzene rings is 2. The Morgan fingerprint density at radius 1 is 0.950 bits per heavy atom. The van der Waals surface area contributed by atoms with Crippen molar-refractivity contribution in [2.45, 2.75) is 0 Å². The lowest BCUT2D eigenvalue weighted by Crippen LogP contribution is -2.17. The van der Waals surface area contributed by atoms with Gasteiger partial charge in [0.15, 0.2) is 0 Å². The number of aromatic nitrogens is 2. The first-order valence-electron chi connectivity index (χ1n) is 6.20. The van der Waals surface area contributed by atoms with Crippen LogP contribution in [-0.2, 0) is 0 Å². The molecule has 0 saturated heterocycles. The molecule has 0 N–H and O–H groups in total. The Hall–Kier alpha value is -2.88. The van der Waals surface area contributed by atoms with Gasteiger partial charge in [-0.3, -0.25) is 0 Å². The number of para-hydroxylation sites is 1. The van der Waals surface area contributed by atoms with Crippen LogP contribution in [0.5, 0.6) is 5.75 Å². The standard InChI is InChI=1S/C16H12N2O2/c19-16(20-14-9-5-2-6-10-14)18-12-11-17-15(18)13-7-3-1-4-8-13/h1-12H. The van der Waals surface area contributed by atoms with Gasteiger partial charge in [-0.15, -0.1) is 0 Å². The number of hydrogen-bond acceptors (Lipinski definition) is 3. The number of ether oxygens (including phenoxy) is 1. The quantitative estimate of drug-likeness (QED) is 0.710. The summed E-state index contributed by atoms with van der Waals surface area (Å²) < 4.78 is 6.70. The Bertz CT molecular complexity index is 706. The van der Waals surface area contributed by atoms with Crippen LogP contribution in [0.15, 0.2) is 73.1 Å². The lowest BCUT2D eigenvalue weighted by atomic mass is 10.2. The number of nitrogens with zero attached hydrogens (tertiary/aromatic N) is 2. The first-order chi connectivity index (χ1) is 9.84. The molecule has 0 atom stereocenters. The molecule has 4 heteroatoms. The van der Waals surface area contributed by atoms with Crippen molar-refractivity contribution >= 4 is 6.09 Å². The summed E-state index contributed by atoms with van der Waals surface area (Å²) in [7, 11) is 0. The third-order valence-corrected chi connectivity index (χ3v) is 2.82. The predicted octanol–water partition coefficient (Wildman–Crippen LogP) is 3.60. The zero-order valence-corrected chi connectivity index (χ0v) is 10.6. The van der Waals surface area contributed by atoms with Crippen LogP contribution in [0.25, 0.3) is 11.4 Å². The van der Waals surface area contributed by atoms with Gasteiger partial charge in [-0.25, -0.2) is 14.3 Å². The van der Waals surface area contributed by atoms with Gasteiger partial charge >= 0.3 is 6.09 Å². The fraction of sp³-hybridized carbons (Fsp3) is 0. The van der Waals surface area contributed by atoms with Gasteiger partial charge in [0.1, 0.15) is 11.6 Å². The Morgan fingerprint density at radius 2 is 1.60 bits per heavy atom. The van der Waals surface area contributed by atoms with Crippen LogP contribution in [0.2, 0.25) is 0 Å². The van der Waals surface area contributed by atoms with Crippen molar-refractivity contribution in [1.29, 1.82) is 0 Å². The maximum Gasteiger partial charge on any atom is 0.425 e. The molecule has 0 saturated carbocycles. The Morgan fingerprint density at radius 3 is 2.30 bits per heavy atom. The molecule has 0 aliphatic rings. The SMILES string of the molecule is O=C(Oc1ccccc1)n1ccnc1-c1ccccc1. The Kier molecular flexibility index (Phi) is 3.29. The summed E-state index contributed by atoms with van der Waals surface area (Å²) >= 11 is 0. The van der Waals surface area contributed by atoms with E-state index in [1.807, 2.05) is 48.5 Å². The second-order valence-electron chi connectivity index (χ2n) is 4.17. The van der Waals surface area contributed by atoms with Crippen LogP contribution < -0.4 is 4.74 Å². The number of carbonyl (C=O) groups excluding carboxylic acids is 1. The van der Waals surface area contributed by atoms with Gasteiger partial charge < -0.3 is 4.74 Å². The van der Waals surface area contributed by atoms with Crippen LogP contribution in [0, 0.1) is 0 Å². The highest BCUT2D eigenvalue weighted by molar-refractivity contribution is 5.78. The molecule has 1 heterocycles. The van der Waals surface area contributed by atoms with Crippen molar-refractivity contribution in [2.24, 2.45) is 0 Å². The summed E-state index contributed by atoms with van der Waals surface area (Å²) in [4.78, 5) is 16.4. The number of imidazole rings is 1. The van der Waals surface area contributed by atoms with E-state index in [-0.39, 0.29) is 0 Å². The van der Waals surface area contributed by atoms with Crippen LogP contribution >= 0.6 is 0 Å². The molecule has 4 nitrogen and oxygen atoms in total. The third-order valence-electron chi connectivity index (χ3n) is 2.82. The summed E-state index contributed by atoms with van der Waals surface area (Å²) in [5.41, 5.74) is 0.863. The molecule has 98 valence electrons. The van der Waals surface area contributed by atoms with E-state index in [0.717, 1.165) is 5.56 Å². The third kappa shape index (κ3) is 2.44. The maximum absolute atomic E-state index is 12.2. The molecule has 3 aromatic rings. The topological polar surface area (TPSA) is 44.1 Å². The maximum atomic E-state index is 12.2. The highest BCUT2D eigenvalue weighted by Gasteiger charge is 2.13. The lowest BCUT2D eigenvalue weighted by molar-refractivity contribution is 0.202. The largest absolute Gasteiger partial charge is 0.425 e. The molecule has 0 aliphatic heterocycles. The molecule has 0 fully saturated rings. The van der Waals surface area contributed by atoms with Gasteiger partial charge in [-0.05, 0) is 12.1 Å². The number of carbonyl (C=O) groups is 1. The molecule has 0 spiro atoms. The minimum Gasteiger partial charge on any atom is -0.410 e. The summed E-state index contributed by atoms with van der Waals surface area (Å²) in [6, 6.07) is 18.5. The molecular weight excluding hydrogens is 252 g/mol. The van der Waals surface area contributed by atoms with Gasteiger partial charge in [0, 0.05) is 18.0 Å². The summed E-state index contributed by atoms with van der Waals surface area (Å²) in [6.07, 6.45) is 2.69. The average Bonchev–Trinajstić information content (AvgIpc) is 2.99. The van der Waals surface area contributed by atoms with E-state index in [0.29, 0.717) is 11.6 Å². The zero-order valence-electron chi connectivity index (χ0n) is 10.6. The summed E-state index contributed by atoms with van der Waals surface area (Å²) in [5.74, 6) is 1.07.